The summed E-state index contributed by atoms with van der Waals surface area (Å²) in [7, 11) is -8.27. The highest BCUT2D eigenvalue weighted by atomic mass is 32.2. The van der Waals surface area contributed by atoms with Crippen LogP contribution in [0.5, 0.6) is 5.75 Å². The van der Waals surface area contributed by atoms with E-state index in [1.165, 1.54) is 0 Å². The van der Waals surface area contributed by atoms with Gasteiger partial charge in [0.05, 0.1) is 6.10 Å². The summed E-state index contributed by atoms with van der Waals surface area (Å²) in [4.78, 5) is 3.40. The summed E-state index contributed by atoms with van der Waals surface area (Å²) in [6.45, 7) is 0. The Bertz CT molecular complexity index is 628. The molecule has 10 heteroatoms. The van der Waals surface area contributed by atoms with Gasteiger partial charge in [-0.15, -0.1) is 0 Å². The number of pyridine rings is 1. The summed E-state index contributed by atoms with van der Waals surface area (Å²) in [5, 5.41) is 8.62. The Hall–Kier alpha value is -1.23. The number of rotatable bonds is 4. The Morgan fingerprint density at radius 1 is 1.06 bits per heavy atom. The van der Waals surface area contributed by atoms with E-state index in [-0.39, 0.29) is 11.9 Å². The molecule has 4 N–H and O–H groups in total. The number of aromatic nitrogens is 1. The van der Waals surface area contributed by atoms with Gasteiger partial charge in [0.15, 0.2) is 10.1 Å². The summed E-state index contributed by atoms with van der Waals surface area (Å²) in [6.07, 6.45) is 1.63. The van der Waals surface area contributed by atoms with E-state index in [1.54, 1.807) is 0 Å². The Labute approximate surface area is 104 Å². The number of nitrogens with two attached hydrogens (primary N) is 2. The fourth-order valence-electron chi connectivity index (χ4n) is 1.20. The molecule has 0 amide bonds. The summed E-state index contributed by atoms with van der Waals surface area (Å²) in [5.41, 5.74) is 0. The van der Waals surface area contributed by atoms with E-state index in [0.29, 0.717) is 0 Å². The minimum absolute atomic E-state index is 0.0333. The van der Waals surface area contributed by atoms with Gasteiger partial charge < -0.3 is 4.74 Å². The van der Waals surface area contributed by atoms with E-state index in [2.05, 4.69) is 4.98 Å². The van der Waals surface area contributed by atoms with Gasteiger partial charge >= 0.3 is 0 Å². The van der Waals surface area contributed by atoms with Gasteiger partial charge in [-0.05, 0) is 12.8 Å². The first-order chi connectivity index (χ1) is 8.16. The monoisotopic (exact) mass is 293 g/mol. The van der Waals surface area contributed by atoms with Crippen molar-refractivity contribution in [1.29, 1.82) is 0 Å². The molecule has 0 bridgehead atoms. The van der Waals surface area contributed by atoms with Gasteiger partial charge in [-0.1, -0.05) is 0 Å². The van der Waals surface area contributed by atoms with Crippen molar-refractivity contribution in [2.75, 3.05) is 0 Å². The zero-order valence-corrected chi connectivity index (χ0v) is 10.7. The summed E-state index contributed by atoms with van der Waals surface area (Å²) in [5.74, 6) is 0.0700. The molecule has 18 heavy (non-hydrogen) atoms. The van der Waals surface area contributed by atoms with Crippen molar-refractivity contribution in [2.45, 2.75) is 29.0 Å². The molecule has 8 nitrogen and oxygen atoms in total. The lowest BCUT2D eigenvalue weighted by molar-refractivity contribution is 0.300. The molecule has 0 aromatic carbocycles. The molecule has 1 saturated carbocycles. The zero-order chi connectivity index (χ0) is 13.6. The number of nitrogens with zero attached hydrogens (tertiary/aromatic N) is 1. The highest BCUT2D eigenvalue weighted by Gasteiger charge is 2.26. The number of hydrogen-bond donors (Lipinski definition) is 2. The standard InChI is InChI=1S/C8H11N3O5S2/c9-17(12,13)7-3-6(16-5-1-2-5)4-8(11-7)18(10,14)15/h3-5H,1-2H2,(H2,9,12,13)(H2,10,14,15). The molecule has 1 aromatic rings. The predicted octanol–water partition coefficient (Wildman–Crippen LogP) is -1.08. The van der Waals surface area contributed by atoms with E-state index >= 15 is 0 Å². The van der Waals surface area contributed by atoms with Crippen molar-refractivity contribution in [3.8, 4) is 5.75 Å². The zero-order valence-electron chi connectivity index (χ0n) is 9.11. The largest absolute Gasteiger partial charge is 0.490 e. The van der Waals surface area contributed by atoms with E-state index in [0.717, 1.165) is 25.0 Å². The Morgan fingerprint density at radius 2 is 1.50 bits per heavy atom. The van der Waals surface area contributed by atoms with Gasteiger partial charge in [0.25, 0.3) is 20.0 Å². The summed E-state index contributed by atoms with van der Waals surface area (Å²) in [6, 6.07) is 2.14. The second kappa shape index (κ2) is 4.16. The van der Waals surface area contributed by atoms with Crippen molar-refractivity contribution in [2.24, 2.45) is 10.3 Å². The van der Waals surface area contributed by atoms with Crippen LogP contribution in [0.25, 0.3) is 0 Å². The van der Waals surface area contributed by atoms with Crippen LogP contribution in [-0.4, -0.2) is 27.9 Å². The molecule has 0 atom stereocenters. The topological polar surface area (TPSA) is 142 Å². The lowest BCUT2D eigenvalue weighted by Gasteiger charge is -2.07. The van der Waals surface area contributed by atoms with Crippen LogP contribution in [0.4, 0.5) is 0 Å². The molecule has 0 radical (unpaired) electrons. The lowest BCUT2D eigenvalue weighted by atomic mass is 10.4. The highest BCUT2D eigenvalue weighted by Crippen LogP contribution is 2.28. The average Bonchev–Trinajstić information content (AvgIpc) is 2.98. The van der Waals surface area contributed by atoms with Crippen molar-refractivity contribution in [1.82, 2.24) is 4.98 Å². The van der Waals surface area contributed by atoms with Gasteiger partial charge in [-0.3, -0.25) is 0 Å². The summed E-state index contributed by atoms with van der Waals surface area (Å²) >= 11 is 0. The predicted molar refractivity (Wildman–Crippen MR) is 60.6 cm³/mol. The maximum absolute atomic E-state index is 11.2. The number of sulfonamides is 2. The number of primary sulfonamides is 2. The Balaban J connectivity index is 2.54. The van der Waals surface area contributed by atoms with Crippen LogP contribution in [0.15, 0.2) is 22.2 Å². The van der Waals surface area contributed by atoms with Crippen molar-refractivity contribution < 1.29 is 21.6 Å². The minimum Gasteiger partial charge on any atom is -0.490 e. The molecule has 2 rings (SSSR count). The van der Waals surface area contributed by atoms with Gasteiger partial charge in [0.1, 0.15) is 5.75 Å². The van der Waals surface area contributed by atoms with Crippen molar-refractivity contribution in [3.63, 3.8) is 0 Å². The Morgan fingerprint density at radius 3 is 1.83 bits per heavy atom. The van der Waals surface area contributed by atoms with Crippen LogP contribution >= 0.6 is 0 Å². The normalized spacial score (nSPS) is 16.6. The quantitative estimate of drug-likeness (QED) is 0.722. The van der Waals surface area contributed by atoms with Crippen LogP contribution < -0.4 is 15.0 Å². The SMILES string of the molecule is NS(=O)(=O)c1cc(OC2CC2)cc(S(N)(=O)=O)n1. The molecule has 0 spiro atoms. The molecule has 1 aliphatic carbocycles. The first-order valence-corrected chi connectivity index (χ1v) is 8.00. The fourth-order valence-corrected chi connectivity index (χ4v) is 2.27. The van der Waals surface area contributed by atoms with E-state index < -0.39 is 30.1 Å². The van der Waals surface area contributed by atoms with E-state index in [4.69, 9.17) is 15.0 Å². The van der Waals surface area contributed by atoms with Crippen molar-refractivity contribution in [3.05, 3.63) is 12.1 Å². The molecule has 0 unspecified atom stereocenters. The van der Waals surface area contributed by atoms with Gasteiger partial charge in [0.2, 0.25) is 0 Å². The van der Waals surface area contributed by atoms with Crippen molar-refractivity contribution >= 4 is 20.0 Å². The molecule has 1 aliphatic rings. The average molecular weight is 293 g/mol. The molecule has 1 aromatic heterocycles. The maximum Gasteiger partial charge on any atom is 0.255 e. The van der Waals surface area contributed by atoms with Crippen LogP contribution in [0.2, 0.25) is 0 Å². The van der Waals surface area contributed by atoms with Gasteiger partial charge in [-0.2, -0.15) is 0 Å². The molecule has 100 valence electrons. The first kappa shape index (κ1) is 13.2. The molecule has 0 aliphatic heterocycles. The van der Waals surface area contributed by atoms with E-state index in [1.807, 2.05) is 0 Å². The second-order valence-electron chi connectivity index (χ2n) is 3.89. The Kier molecular flexibility index (Phi) is 3.05. The number of hydrogen-bond acceptors (Lipinski definition) is 6. The third kappa shape index (κ3) is 3.16. The number of ether oxygens (including phenoxy) is 1. The van der Waals surface area contributed by atoms with Crippen LogP contribution in [-0.2, 0) is 20.0 Å². The molecule has 0 saturated heterocycles. The van der Waals surface area contributed by atoms with E-state index in [9.17, 15) is 16.8 Å². The van der Waals surface area contributed by atoms with Crippen LogP contribution in [0.3, 0.4) is 0 Å². The van der Waals surface area contributed by atoms with Gasteiger partial charge in [-0.25, -0.2) is 32.1 Å². The molecular weight excluding hydrogens is 282 g/mol. The highest BCUT2D eigenvalue weighted by molar-refractivity contribution is 7.89. The fraction of sp³-hybridized carbons (Fsp3) is 0.375. The molecule has 1 fully saturated rings. The third-order valence-electron chi connectivity index (χ3n) is 2.16. The lowest BCUT2D eigenvalue weighted by Crippen LogP contribution is -2.19. The molecular formula is C8H11N3O5S2. The maximum atomic E-state index is 11.2. The van der Waals surface area contributed by atoms with Crippen LogP contribution in [0, 0.1) is 0 Å². The summed E-state index contributed by atoms with van der Waals surface area (Å²) < 4.78 is 50.1. The first-order valence-electron chi connectivity index (χ1n) is 4.90. The minimum atomic E-state index is -4.13. The van der Waals surface area contributed by atoms with Gasteiger partial charge in [0, 0.05) is 12.1 Å². The smallest absolute Gasteiger partial charge is 0.255 e. The third-order valence-corrected chi connectivity index (χ3v) is 3.75. The molecule has 1 heterocycles. The second-order valence-corrected chi connectivity index (χ2v) is 6.90. The van der Waals surface area contributed by atoms with Crippen LogP contribution in [0.1, 0.15) is 12.8 Å².